The maximum atomic E-state index is 3.78. The van der Waals surface area contributed by atoms with Gasteiger partial charge in [-0.15, -0.1) is 0 Å². The minimum absolute atomic E-state index is 1.75. The van der Waals surface area contributed by atoms with Crippen LogP contribution < -0.4 is 0 Å². The topological polar surface area (TPSA) is 12.9 Å². The third kappa shape index (κ3) is 11.0. The molecule has 0 spiro atoms. The standard InChI is InChI=1S/C5H5N.2CH3Br/c1-2-4-6-5-3-1;2*1-2/h1-5H;2*1H3. The zero-order valence-electron chi connectivity index (χ0n) is 6.09. The van der Waals surface area contributed by atoms with Crippen molar-refractivity contribution in [2.75, 3.05) is 11.7 Å². The van der Waals surface area contributed by atoms with Crippen LogP contribution in [0, 0.1) is 0 Å². The van der Waals surface area contributed by atoms with E-state index in [1.807, 2.05) is 29.9 Å². The minimum atomic E-state index is 1.75. The molecule has 0 radical (unpaired) electrons. The van der Waals surface area contributed by atoms with Gasteiger partial charge in [0.25, 0.3) is 0 Å². The van der Waals surface area contributed by atoms with Crippen molar-refractivity contribution in [1.82, 2.24) is 4.98 Å². The molecular weight excluding hydrogens is 258 g/mol. The molecule has 0 aliphatic heterocycles. The Kier molecular flexibility index (Phi) is 20.5. The molecule has 1 nitrogen and oxygen atoms in total. The van der Waals surface area contributed by atoms with Gasteiger partial charge in [0.15, 0.2) is 0 Å². The molecule has 0 aliphatic carbocycles. The second-order valence-electron chi connectivity index (χ2n) is 1.02. The Hall–Kier alpha value is 0.110. The average molecular weight is 269 g/mol. The molecule has 0 saturated carbocycles. The van der Waals surface area contributed by atoms with Gasteiger partial charge >= 0.3 is 0 Å². The summed E-state index contributed by atoms with van der Waals surface area (Å²) in [5, 5.41) is 0. The van der Waals surface area contributed by atoms with Gasteiger partial charge < -0.3 is 0 Å². The van der Waals surface area contributed by atoms with E-state index in [0.29, 0.717) is 0 Å². The highest BCUT2D eigenvalue weighted by Gasteiger charge is 1.58. The predicted octanol–water partition coefficient (Wildman–Crippen LogP) is 3.10. The van der Waals surface area contributed by atoms with E-state index in [0.717, 1.165) is 0 Å². The van der Waals surface area contributed by atoms with E-state index in [2.05, 4.69) is 36.8 Å². The van der Waals surface area contributed by atoms with Crippen molar-refractivity contribution < 1.29 is 0 Å². The summed E-state index contributed by atoms with van der Waals surface area (Å²) in [4.78, 5) is 3.78. The number of alkyl halides is 2. The summed E-state index contributed by atoms with van der Waals surface area (Å²) in [5.41, 5.74) is 0. The fourth-order valence-electron chi connectivity index (χ4n) is 0.313. The van der Waals surface area contributed by atoms with Crippen molar-refractivity contribution in [3.05, 3.63) is 30.6 Å². The highest BCUT2D eigenvalue weighted by Crippen LogP contribution is 1.73. The number of hydrogen-bond acceptors (Lipinski definition) is 1. The molecular formula is C7H11Br2N. The Labute approximate surface area is 79.1 Å². The van der Waals surface area contributed by atoms with Crippen LogP contribution in [0.1, 0.15) is 0 Å². The number of nitrogens with zero attached hydrogens (tertiary/aromatic N) is 1. The molecule has 0 unspecified atom stereocenters. The molecule has 58 valence electrons. The molecule has 1 aromatic heterocycles. The third-order valence-corrected chi connectivity index (χ3v) is 0.566. The summed E-state index contributed by atoms with van der Waals surface area (Å²) in [6.07, 6.45) is 3.50. The Morgan fingerprint density at radius 3 is 1.30 bits per heavy atom. The van der Waals surface area contributed by atoms with Crippen LogP contribution in [-0.4, -0.2) is 16.6 Å². The quantitative estimate of drug-likeness (QED) is 0.659. The molecule has 0 aromatic carbocycles. The summed E-state index contributed by atoms with van der Waals surface area (Å²) in [5.74, 6) is 3.62. The fourth-order valence-corrected chi connectivity index (χ4v) is 0.313. The number of halogens is 2. The van der Waals surface area contributed by atoms with Gasteiger partial charge in [0, 0.05) is 12.4 Å². The third-order valence-electron chi connectivity index (χ3n) is 0.566. The first-order valence-electron chi connectivity index (χ1n) is 2.61. The molecule has 1 heterocycles. The highest BCUT2D eigenvalue weighted by molar-refractivity contribution is 9.09. The fraction of sp³-hybridized carbons (Fsp3) is 0.286. The number of aromatic nitrogens is 1. The van der Waals surface area contributed by atoms with Crippen molar-refractivity contribution in [3.63, 3.8) is 0 Å². The van der Waals surface area contributed by atoms with Crippen LogP contribution >= 0.6 is 31.9 Å². The first kappa shape index (κ1) is 12.8. The summed E-state index contributed by atoms with van der Waals surface area (Å²) >= 11 is 5.88. The molecule has 0 N–H and O–H groups in total. The van der Waals surface area contributed by atoms with Crippen LogP contribution in [0.3, 0.4) is 0 Å². The molecule has 10 heavy (non-hydrogen) atoms. The summed E-state index contributed by atoms with van der Waals surface area (Å²) < 4.78 is 0. The predicted molar refractivity (Wildman–Crippen MR) is 53.9 cm³/mol. The smallest absolute Gasteiger partial charge is 0.0267 e. The first-order chi connectivity index (χ1) is 5.00. The Balaban J connectivity index is 0. The molecule has 0 fully saturated rings. The van der Waals surface area contributed by atoms with E-state index < -0.39 is 0 Å². The second-order valence-corrected chi connectivity index (χ2v) is 1.02. The largest absolute Gasteiger partial charge is 0.265 e. The van der Waals surface area contributed by atoms with E-state index >= 15 is 0 Å². The zero-order valence-corrected chi connectivity index (χ0v) is 9.26. The minimum Gasteiger partial charge on any atom is -0.265 e. The Bertz CT molecular complexity index is 83.5. The molecule has 0 atom stereocenters. The number of pyridine rings is 1. The second kappa shape index (κ2) is 16.1. The zero-order chi connectivity index (χ0) is 8.24. The lowest BCUT2D eigenvalue weighted by Crippen LogP contribution is -1.58. The molecule has 0 amide bonds. The monoisotopic (exact) mass is 267 g/mol. The van der Waals surface area contributed by atoms with E-state index in [4.69, 9.17) is 0 Å². The maximum absolute atomic E-state index is 3.78. The molecule has 0 bridgehead atoms. The number of hydrogen-bond donors (Lipinski definition) is 0. The van der Waals surface area contributed by atoms with Gasteiger partial charge in [-0.3, -0.25) is 4.98 Å². The first-order valence-corrected chi connectivity index (χ1v) is 5.78. The van der Waals surface area contributed by atoms with Crippen molar-refractivity contribution in [3.8, 4) is 0 Å². The van der Waals surface area contributed by atoms with E-state index in [9.17, 15) is 0 Å². The molecule has 3 heteroatoms. The molecule has 0 saturated heterocycles. The molecule has 1 aromatic rings. The Morgan fingerprint density at radius 2 is 1.20 bits per heavy atom. The van der Waals surface area contributed by atoms with Gasteiger partial charge in [0.1, 0.15) is 0 Å². The molecule has 1 rings (SSSR count). The van der Waals surface area contributed by atoms with Gasteiger partial charge in [-0.2, -0.15) is 0 Å². The van der Waals surface area contributed by atoms with Gasteiger partial charge in [-0.25, -0.2) is 0 Å². The van der Waals surface area contributed by atoms with Crippen LogP contribution in [0.5, 0.6) is 0 Å². The summed E-state index contributed by atoms with van der Waals surface area (Å²) in [7, 11) is 0. The number of rotatable bonds is 0. The van der Waals surface area contributed by atoms with Crippen LogP contribution in [0.2, 0.25) is 0 Å². The van der Waals surface area contributed by atoms with Crippen LogP contribution in [0.25, 0.3) is 0 Å². The van der Waals surface area contributed by atoms with Crippen LogP contribution in [0.4, 0.5) is 0 Å². The van der Waals surface area contributed by atoms with Gasteiger partial charge in [0.2, 0.25) is 0 Å². The maximum Gasteiger partial charge on any atom is 0.0267 e. The summed E-state index contributed by atoms with van der Waals surface area (Å²) in [6, 6.07) is 5.72. The average Bonchev–Trinajstić information content (AvgIpc) is 2.14. The van der Waals surface area contributed by atoms with Crippen LogP contribution in [-0.2, 0) is 0 Å². The van der Waals surface area contributed by atoms with E-state index in [1.54, 1.807) is 12.4 Å². The lowest BCUT2D eigenvalue weighted by molar-refractivity contribution is 1.33. The summed E-state index contributed by atoms with van der Waals surface area (Å²) in [6.45, 7) is 0. The molecule has 0 aliphatic rings. The Morgan fingerprint density at radius 1 is 0.800 bits per heavy atom. The SMILES string of the molecule is CBr.CBr.c1ccncc1. The van der Waals surface area contributed by atoms with E-state index in [-0.39, 0.29) is 0 Å². The van der Waals surface area contributed by atoms with Crippen molar-refractivity contribution in [2.24, 2.45) is 0 Å². The van der Waals surface area contributed by atoms with Crippen molar-refractivity contribution in [1.29, 1.82) is 0 Å². The van der Waals surface area contributed by atoms with Crippen LogP contribution in [0.15, 0.2) is 30.6 Å². The lowest BCUT2D eigenvalue weighted by Gasteiger charge is -1.70. The highest BCUT2D eigenvalue weighted by atomic mass is 79.9. The normalized spacial score (nSPS) is 6.00. The van der Waals surface area contributed by atoms with Gasteiger partial charge in [-0.05, 0) is 23.8 Å². The lowest BCUT2D eigenvalue weighted by atomic mass is 10.5. The van der Waals surface area contributed by atoms with Gasteiger partial charge in [-0.1, -0.05) is 37.9 Å². The van der Waals surface area contributed by atoms with Crippen molar-refractivity contribution >= 4 is 31.9 Å². The van der Waals surface area contributed by atoms with E-state index in [1.165, 1.54) is 0 Å². The van der Waals surface area contributed by atoms with Gasteiger partial charge in [0.05, 0.1) is 0 Å². The van der Waals surface area contributed by atoms with Crippen molar-refractivity contribution in [2.45, 2.75) is 0 Å².